The summed E-state index contributed by atoms with van der Waals surface area (Å²) in [7, 11) is 0. The van der Waals surface area contributed by atoms with E-state index in [0.29, 0.717) is 19.6 Å². The molecule has 2 rings (SSSR count). The third-order valence-corrected chi connectivity index (χ3v) is 3.10. The highest BCUT2D eigenvalue weighted by molar-refractivity contribution is 5.65. The van der Waals surface area contributed by atoms with E-state index in [4.69, 9.17) is 10.8 Å². The molecule has 0 aliphatic carbocycles. The lowest BCUT2D eigenvalue weighted by atomic mass is 10.1. The number of anilines is 1. The summed E-state index contributed by atoms with van der Waals surface area (Å²) in [5, 5.41) is 12.2. The summed E-state index contributed by atoms with van der Waals surface area (Å²) in [6, 6.07) is 7.93. The Balaban J connectivity index is 1.84. The van der Waals surface area contributed by atoms with E-state index in [1.165, 1.54) is 4.90 Å². The van der Waals surface area contributed by atoms with E-state index in [1.807, 2.05) is 24.3 Å². The minimum atomic E-state index is -0.839. The lowest BCUT2D eigenvalue weighted by Gasteiger charge is -2.14. The summed E-state index contributed by atoms with van der Waals surface area (Å²) >= 11 is 0. The summed E-state index contributed by atoms with van der Waals surface area (Å²) in [5.74, 6) is 0. The second-order valence-corrected chi connectivity index (χ2v) is 4.29. The summed E-state index contributed by atoms with van der Waals surface area (Å²) in [6.07, 6.45) is 0.0208. The van der Waals surface area contributed by atoms with Crippen LogP contribution in [-0.4, -0.2) is 35.2 Å². The second-order valence-electron chi connectivity index (χ2n) is 4.29. The zero-order valence-corrected chi connectivity index (χ0v) is 9.60. The molecule has 5 nitrogen and oxygen atoms in total. The van der Waals surface area contributed by atoms with Crippen molar-refractivity contribution >= 4 is 11.8 Å². The van der Waals surface area contributed by atoms with Crippen molar-refractivity contribution < 1.29 is 9.90 Å². The quantitative estimate of drug-likeness (QED) is 0.686. The smallest absolute Gasteiger partial charge is 0.407 e. The number of carboxylic acid groups (broad SMARTS) is 1. The van der Waals surface area contributed by atoms with Gasteiger partial charge in [-0.3, -0.25) is 0 Å². The molecule has 92 valence electrons. The van der Waals surface area contributed by atoms with Crippen LogP contribution in [0.2, 0.25) is 0 Å². The standard InChI is InChI=1S/C12H17N3O2/c13-11-4-2-1-3-9(11)7-14-10-5-6-15(8-10)12(16)17/h1-4,10,14H,5-8,13H2,(H,16,17)/t10-/m1/s1. The predicted molar refractivity (Wildman–Crippen MR) is 65.7 cm³/mol. The first kappa shape index (κ1) is 11.7. The number of para-hydroxylation sites is 1. The molecule has 0 bridgehead atoms. The lowest BCUT2D eigenvalue weighted by molar-refractivity contribution is 0.154. The maximum absolute atomic E-state index is 10.8. The molecular weight excluding hydrogens is 218 g/mol. The topological polar surface area (TPSA) is 78.6 Å². The van der Waals surface area contributed by atoms with Gasteiger partial charge in [-0.15, -0.1) is 0 Å². The average molecular weight is 235 g/mol. The van der Waals surface area contributed by atoms with Crippen molar-refractivity contribution in [1.82, 2.24) is 10.2 Å². The van der Waals surface area contributed by atoms with Crippen LogP contribution in [0.1, 0.15) is 12.0 Å². The minimum absolute atomic E-state index is 0.228. The highest BCUT2D eigenvalue weighted by Crippen LogP contribution is 2.13. The van der Waals surface area contributed by atoms with E-state index in [0.717, 1.165) is 17.7 Å². The largest absolute Gasteiger partial charge is 0.465 e. The fourth-order valence-corrected chi connectivity index (χ4v) is 2.05. The van der Waals surface area contributed by atoms with Gasteiger partial charge in [0.15, 0.2) is 0 Å². The number of nitrogens with two attached hydrogens (primary N) is 1. The van der Waals surface area contributed by atoms with Crippen LogP contribution < -0.4 is 11.1 Å². The summed E-state index contributed by atoms with van der Waals surface area (Å²) < 4.78 is 0. The van der Waals surface area contributed by atoms with Gasteiger partial charge in [0.25, 0.3) is 0 Å². The van der Waals surface area contributed by atoms with Crippen molar-refractivity contribution in [2.45, 2.75) is 19.0 Å². The molecule has 0 saturated carbocycles. The van der Waals surface area contributed by atoms with Gasteiger partial charge in [-0.25, -0.2) is 4.79 Å². The zero-order valence-electron chi connectivity index (χ0n) is 9.60. The third kappa shape index (κ3) is 2.88. The Morgan fingerprint density at radius 2 is 2.29 bits per heavy atom. The number of benzene rings is 1. The summed E-state index contributed by atoms with van der Waals surface area (Å²) in [4.78, 5) is 12.2. The maximum atomic E-state index is 10.8. The first-order chi connectivity index (χ1) is 8.16. The van der Waals surface area contributed by atoms with Crippen molar-refractivity contribution in [1.29, 1.82) is 0 Å². The Morgan fingerprint density at radius 1 is 1.53 bits per heavy atom. The molecule has 1 aromatic rings. The van der Waals surface area contributed by atoms with Gasteiger partial charge in [0, 0.05) is 31.4 Å². The van der Waals surface area contributed by atoms with E-state index in [2.05, 4.69) is 5.32 Å². The fraction of sp³-hybridized carbons (Fsp3) is 0.417. The molecular formula is C12H17N3O2. The molecule has 17 heavy (non-hydrogen) atoms. The number of likely N-dealkylation sites (tertiary alicyclic amines) is 1. The van der Waals surface area contributed by atoms with Crippen LogP contribution in [0, 0.1) is 0 Å². The Hall–Kier alpha value is -1.75. The number of rotatable bonds is 3. The van der Waals surface area contributed by atoms with E-state index in [9.17, 15) is 4.79 Å². The molecule has 0 unspecified atom stereocenters. The van der Waals surface area contributed by atoms with Crippen molar-refractivity contribution in [3.05, 3.63) is 29.8 Å². The van der Waals surface area contributed by atoms with Crippen LogP contribution in [0.5, 0.6) is 0 Å². The third-order valence-electron chi connectivity index (χ3n) is 3.10. The van der Waals surface area contributed by atoms with E-state index in [1.54, 1.807) is 0 Å². The molecule has 1 aliphatic rings. The molecule has 0 spiro atoms. The molecule has 1 aromatic carbocycles. The summed E-state index contributed by atoms with van der Waals surface area (Å²) in [5.41, 5.74) is 7.66. The normalized spacial score (nSPS) is 19.5. The Labute approximate surface area is 100 Å². The number of hydrogen-bond donors (Lipinski definition) is 3. The number of nitrogen functional groups attached to an aromatic ring is 1. The van der Waals surface area contributed by atoms with Crippen molar-refractivity contribution in [2.75, 3.05) is 18.8 Å². The minimum Gasteiger partial charge on any atom is -0.465 e. The van der Waals surface area contributed by atoms with Crippen molar-refractivity contribution in [3.8, 4) is 0 Å². The van der Waals surface area contributed by atoms with Crippen LogP contribution in [0.4, 0.5) is 10.5 Å². The summed E-state index contributed by atoms with van der Waals surface area (Å²) in [6.45, 7) is 1.85. The fourth-order valence-electron chi connectivity index (χ4n) is 2.05. The number of hydrogen-bond acceptors (Lipinski definition) is 3. The van der Waals surface area contributed by atoms with Gasteiger partial charge in [0.05, 0.1) is 0 Å². The van der Waals surface area contributed by atoms with Crippen LogP contribution in [0.3, 0.4) is 0 Å². The molecule has 1 aliphatic heterocycles. The Bertz CT molecular complexity index is 408. The molecule has 1 amide bonds. The van der Waals surface area contributed by atoms with Gasteiger partial charge < -0.3 is 21.1 Å². The Kier molecular flexibility index (Phi) is 3.49. The van der Waals surface area contributed by atoms with E-state index >= 15 is 0 Å². The SMILES string of the molecule is Nc1ccccc1CN[C@@H]1CCN(C(=O)O)C1. The van der Waals surface area contributed by atoms with Crippen LogP contribution in [0.15, 0.2) is 24.3 Å². The van der Waals surface area contributed by atoms with Gasteiger partial charge in [-0.05, 0) is 18.1 Å². The zero-order chi connectivity index (χ0) is 12.3. The molecule has 0 radical (unpaired) electrons. The van der Waals surface area contributed by atoms with E-state index in [-0.39, 0.29) is 6.04 Å². The number of nitrogens with zero attached hydrogens (tertiary/aromatic N) is 1. The molecule has 5 heteroatoms. The van der Waals surface area contributed by atoms with Gasteiger partial charge >= 0.3 is 6.09 Å². The van der Waals surface area contributed by atoms with E-state index < -0.39 is 6.09 Å². The molecule has 1 atom stereocenters. The second kappa shape index (κ2) is 5.05. The Morgan fingerprint density at radius 3 is 2.94 bits per heavy atom. The number of carbonyl (C=O) groups is 1. The van der Waals surface area contributed by atoms with Crippen LogP contribution in [-0.2, 0) is 6.54 Å². The van der Waals surface area contributed by atoms with Gasteiger partial charge in [-0.1, -0.05) is 18.2 Å². The van der Waals surface area contributed by atoms with Crippen LogP contribution >= 0.6 is 0 Å². The van der Waals surface area contributed by atoms with Gasteiger partial charge in [-0.2, -0.15) is 0 Å². The maximum Gasteiger partial charge on any atom is 0.407 e. The lowest BCUT2D eigenvalue weighted by Crippen LogP contribution is -2.34. The highest BCUT2D eigenvalue weighted by atomic mass is 16.4. The number of amides is 1. The monoisotopic (exact) mass is 235 g/mol. The van der Waals surface area contributed by atoms with Gasteiger partial charge in [0.1, 0.15) is 0 Å². The number of nitrogens with one attached hydrogen (secondary N) is 1. The van der Waals surface area contributed by atoms with Crippen molar-refractivity contribution in [2.24, 2.45) is 0 Å². The molecule has 1 fully saturated rings. The highest BCUT2D eigenvalue weighted by Gasteiger charge is 2.25. The molecule has 1 saturated heterocycles. The van der Waals surface area contributed by atoms with Crippen molar-refractivity contribution in [3.63, 3.8) is 0 Å². The molecule has 4 N–H and O–H groups in total. The predicted octanol–water partition coefficient (Wildman–Crippen LogP) is 1.11. The van der Waals surface area contributed by atoms with Crippen LogP contribution in [0.25, 0.3) is 0 Å². The first-order valence-electron chi connectivity index (χ1n) is 5.71. The molecule has 1 heterocycles. The average Bonchev–Trinajstić information content (AvgIpc) is 2.77. The molecule has 0 aromatic heterocycles. The first-order valence-corrected chi connectivity index (χ1v) is 5.71. The van der Waals surface area contributed by atoms with Gasteiger partial charge in [0.2, 0.25) is 0 Å².